The summed E-state index contributed by atoms with van der Waals surface area (Å²) in [6.45, 7) is 3.34. The zero-order valence-electron chi connectivity index (χ0n) is 19.8. The quantitative estimate of drug-likeness (QED) is 0.546. The summed E-state index contributed by atoms with van der Waals surface area (Å²) in [5.74, 6) is 0.326. The Morgan fingerprint density at radius 2 is 1.94 bits per heavy atom. The number of amidine groups is 1. The molecule has 1 aromatic heterocycles. The Labute approximate surface area is 206 Å². The predicted octanol–water partition coefficient (Wildman–Crippen LogP) is 3.99. The van der Waals surface area contributed by atoms with Gasteiger partial charge in [-0.1, -0.05) is 11.2 Å². The Morgan fingerprint density at radius 1 is 1.14 bits per heavy atom. The van der Waals surface area contributed by atoms with Crippen molar-refractivity contribution in [1.82, 2.24) is 14.5 Å². The van der Waals surface area contributed by atoms with Crippen molar-refractivity contribution in [3.05, 3.63) is 83.1 Å². The minimum atomic E-state index is -0.639. The minimum absolute atomic E-state index is 0.156. The number of oxime groups is 1. The number of nitrogens with zero attached hydrogens (tertiary/aromatic N) is 4. The van der Waals surface area contributed by atoms with E-state index in [2.05, 4.69) is 10.1 Å². The molecule has 1 unspecified atom stereocenters. The van der Waals surface area contributed by atoms with Crippen LogP contribution in [-0.2, 0) is 14.3 Å². The first kappa shape index (κ1) is 22.5. The first-order chi connectivity index (χ1) is 17.4. The lowest BCUT2D eigenvalue weighted by atomic mass is 9.94. The van der Waals surface area contributed by atoms with E-state index >= 15 is 0 Å². The number of hydrogen-bond acceptors (Lipinski definition) is 7. The molecule has 8 nitrogen and oxygen atoms in total. The van der Waals surface area contributed by atoms with Crippen molar-refractivity contribution in [2.75, 3.05) is 33.5 Å². The zero-order chi connectivity index (χ0) is 24.9. The van der Waals surface area contributed by atoms with Gasteiger partial charge in [-0.25, -0.2) is 13.8 Å². The largest absolute Gasteiger partial charge is 0.495 e. The molecule has 0 bridgehead atoms. The Bertz CT molecular complexity index is 1360. The topological polar surface area (TPSA) is 70.3 Å². The van der Waals surface area contributed by atoms with Gasteiger partial charge in [0.2, 0.25) is 5.84 Å². The summed E-state index contributed by atoms with van der Waals surface area (Å²) in [6, 6.07) is 8.84. The molecule has 2 aromatic carbocycles. The van der Waals surface area contributed by atoms with Gasteiger partial charge >= 0.3 is 0 Å². The molecule has 3 aromatic rings. The van der Waals surface area contributed by atoms with E-state index in [1.807, 2.05) is 46.9 Å². The third-order valence-corrected chi connectivity index (χ3v) is 6.53. The molecule has 3 aliphatic heterocycles. The summed E-state index contributed by atoms with van der Waals surface area (Å²) in [6.07, 6.45) is 5.51. The lowest BCUT2D eigenvalue weighted by molar-refractivity contribution is -0.204. The van der Waals surface area contributed by atoms with Crippen molar-refractivity contribution < 1.29 is 27.8 Å². The summed E-state index contributed by atoms with van der Waals surface area (Å²) in [4.78, 5) is 11.8. The van der Waals surface area contributed by atoms with Crippen molar-refractivity contribution >= 4 is 11.9 Å². The van der Waals surface area contributed by atoms with Crippen molar-refractivity contribution in [1.29, 1.82) is 0 Å². The summed E-state index contributed by atoms with van der Waals surface area (Å²) in [5.41, 5.74) is 2.46. The van der Waals surface area contributed by atoms with Crippen molar-refractivity contribution in [3.8, 4) is 11.4 Å². The highest BCUT2D eigenvalue weighted by Gasteiger charge is 2.51. The molecule has 36 heavy (non-hydrogen) atoms. The predicted molar refractivity (Wildman–Crippen MR) is 127 cm³/mol. The molecule has 1 atom stereocenters. The highest BCUT2D eigenvalue weighted by atomic mass is 19.1. The number of ether oxygens (including phenoxy) is 3. The summed E-state index contributed by atoms with van der Waals surface area (Å²) < 4.78 is 47.5. The molecule has 4 heterocycles. The lowest BCUT2D eigenvalue weighted by Gasteiger charge is -2.52. The number of rotatable bonds is 4. The van der Waals surface area contributed by atoms with E-state index in [9.17, 15) is 8.78 Å². The maximum Gasteiger partial charge on any atom is 0.211 e. The van der Waals surface area contributed by atoms with Crippen LogP contribution in [0.4, 0.5) is 8.78 Å². The molecule has 2 saturated heterocycles. The number of aryl methyl sites for hydroxylation is 1. The van der Waals surface area contributed by atoms with E-state index in [1.54, 1.807) is 13.4 Å². The van der Waals surface area contributed by atoms with Crippen LogP contribution in [-0.4, -0.2) is 59.4 Å². The smallest absolute Gasteiger partial charge is 0.211 e. The van der Waals surface area contributed by atoms with Crippen molar-refractivity contribution in [2.45, 2.75) is 18.6 Å². The second kappa shape index (κ2) is 8.63. The SMILES string of the molecule is COc1cc(C=C2OC3(COC3)CN3C2=NOCC3c2cc(F)cc(F)c2)ccc1-n1cnc(C)c1. The van der Waals surface area contributed by atoms with Gasteiger partial charge in [0.25, 0.3) is 0 Å². The fourth-order valence-corrected chi connectivity index (χ4v) is 4.77. The number of fused-ring (bicyclic) bond motifs is 1. The minimum Gasteiger partial charge on any atom is -0.495 e. The van der Waals surface area contributed by atoms with E-state index in [4.69, 9.17) is 19.0 Å². The number of benzene rings is 2. The number of aromatic nitrogens is 2. The van der Waals surface area contributed by atoms with Crippen LogP contribution in [0.5, 0.6) is 5.75 Å². The molecule has 2 fully saturated rings. The number of morpholine rings is 1. The average Bonchev–Trinajstić information content (AvgIpc) is 3.27. The van der Waals surface area contributed by atoms with E-state index in [0.29, 0.717) is 42.7 Å². The monoisotopic (exact) mass is 494 g/mol. The van der Waals surface area contributed by atoms with Crippen LogP contribution in [0.25, 0.3) is 11.8 Å². The maximum absolute atomic E-state index is 14.0. The van der Waals surface area contributed by atoms with E-state index < -0.39 is 23.3 Å². The first-order valence-corrected chi connectivity index (χ1v) is 11.5. The van der Waals surface area contributed by atoms with Crippen molar-refractivity contribution in [3.63, 3.8) is 0 Å². The molecule has 6 rings (SSSR count). The second-order valence-corrected chi connectivity index (χ2v) is 9.20. The highest BCUT2D eigenvalue weighted by Crippen LogP contribution is 2.39. The molecular weight excluding hydrogens is 470 g/mol. The second-order valence-electron chi connectivity index (χ2n) is 9.20. The molecule has 0 N–H and O–H groups in total. The van der Waals surface area contributed by atoms with Gasteiger partial charge in [-0.3, -0.25) is 0 Å². The first-order valence-electron chi connectivity index (χ1n) is 11.5. The van der Waals surface area contributed by atoms with Crippen LogP contribution in [0.2, 0.25) is 0 Å². The lowest BCUT2D eigenvalue weighted by Crippen LogP contribution is -2.64. The van der Waals surface area contributed by atoms with Gasteiger partial charge < -0.3 is 28.5 Å². The molecule has 186 valence electrons. The Hall–Kier alpha value is -3.92. The summed E-state index contributed by atoms with van der Waals surface area (Å²) >= 11 is 0. The molecule has 10 heteroatoms. The van der Waals surface area contributed by atoms with Crippen LogP contribution in [0, 0.1) is 18.6 Å². The number of imidazole rings is 1. The van der Waals surface area contributed by atoms with E-state index in [-0.39, 0.29) is 6.61 Å². The van der Waals surface area contributed by atoms with Crippen molar-refractivity contribution in [2.24, 2.45) is 5.16 Å². The van der Waals surface area contributed by atoms with Crippen LogP contribution < -0.4 is 4.74 Å². The normalized spacial score (nSPS) is 21.3. The molecular formula is C26H24F2N4O4. The van der Waals surface area contributed by atoms with Gasteiger partial charge in [-0.2, -0.15) is 0 Å². The standard InChI is InChI=1S/C26H24F2N4O4/c1-16-10-31(15-29-16)21-4-3-17(5-23(21)33-2)6-24-25-30-35-11-22(18-7-19(27)9-20(28)8-18)32(25)12-26(36-24)13-34-14-26/h3-10,15,22H,11-14H2,1-2H3. The van der Waals surface area contributed by atoms with Gasteiger partial charge in [-0.15, -0.1) is 0 Å². The van der Waals surface area contributed by atoms with Gasteiger partial charge in [0, 0.05) is 12.3 Å². The van der Waals surface area contributed by atoms with Gasteiger partial charge in [-0.05, 0) is 48.4 Å². The van der Waals surface area contributed by atoms with Crippen LogP contribution in [0.15, 0.2) is 59.8 Å². The zero-order valence-corrected chi connectivity index (χ0v) is 19.8. The average molecular weight is 494 g/mol. The van der Waals surface area contributed by atoms with Gasteiger partial charge in [0.1, 0.15) is 24.0 Å². The molecule has 0 amide bonds. The number of halogens is 2. The third-order valence-electron chi connectivity index (χ3n) is 6.53. The van der Waals surface area contributed by atoms with E-state index in [0.717, 1.165) is 23.0 Å². The summed E-state index contributed by atoms with van der Waals surface area (Å²) in [7, 11) is 1.61. The fraction of sp³-hybridized carbons (Fsp3) is 0.308. The fourth-order valence-electron chi connectivity index (χ4n) is 4.77. The molecule has 1 spiro atoms. The summed E-state index contributed by atoms with van der Waals surface area (Å²) in [5, 5.41) is 4.26. The van der Waals surface area contributed by atoms with Crippen LogP contribution in [0.1, 0.15) is 22.9 Å². The Kier molecular flexibility index (Phi) is 5.40. The molecule has 3 aliphatic rings. The van der Waals surface area contributed by atoms with Gasteiger partial charge in [0.05, 0.1) is 50.6 Å². The molecule has 0 saturated carbocycles. The van der Waals surface area contributed by atoms with Gasteiger partial charge in [0.15, 0.2) is 11.4 Å². The van der Waals surface area contributed by atoms with Crippen LogP contribution >= 0.6 is 0 Å². The third kappa shape index (κ3) is 3.97. The Balaban J connectivity index is 1.38. The highest BCUT2D eigenvalue weighted by molar-refractivity contribution is 6.01. The molecule has 0 aliphatic carbocycles. The maximum atomic E-state index is 14.0. The van der Waals surface area contributed by atoms with Crippen LogP contribution in [0.3, 0.4) is 0 Å². The van der Waals surface area contributed by atoms with E-state index in [1.165, 1.54) is 12.1 Å². The number of hydrogen-bond donors (Lipinski definition) is 0. The molecule has 0 radical (unpaired) electrons. The Morgan fingerprint density at radius 3 is 2.61 bits per heavy atom. The number of methoxy groups -OCH3 is 1.